The topological polar surface area (TPSA) is 40.5 Å². The van der Waals surface area contributed by atoms with E-state index in [1.165, 1.54) is 12.1 Å². The van der Waals surface area contributed by atoms with Gasteiger partial charge >= 0.3 is 5.97 Å². The molecule has 0 fully saturated rings. The van der Waals surface area contributed by atoms with Gasteiger partial charge in [-0.15, -0.1) is 0 Å². The first-order valence-electron chi connectivity index (χ1n) is 6.85. The molecule has 0 spiro atoms. The molecule has 0 atom stereocenters. The molecule has 0 unspecified atom stereocenters. The lowest BCUT2D eigenvalue weighted by atomic mass is 10.1. The molecule has 0 radical (unpaired) electrons. The Kier molecular flexibility index (Phi) is 4.58. The number of carbonyl (C=O) groups is 1. The summed E-state index contributed by atoms with van der Waals surface area (Å²) in [5.74, 6) is -1.94. The SMILES string of the molecule is CCN(Cc1ccc(C(=O)O)c(F)c1)c1ccccc1C. The third-order valence-corrected chi connectivity index (χ3v) is 3.48. The number of nitrogens with zero attached hydrogens (tertiary/aromatic N) is 1. The van der Waals surface area contributed by atoms with E-state index in [1.807, 2.05) is 38.1 Å². The van der Waals surface area contributed by atoms with Crippen LogP contribution in [0.1, 0.15) is 28.4 Å². The molecule has 0 saturated carbocycles. The lowest BCUT2D eigenvalue weighted by Crippen LogP contribution is -2.23. The highest BCUT2D eigenvalue weighted by Crippen LogP contribution is 2.22. The zero-order valence-electron chi connectivity index (χ0n) is 12.1. The summed E-state index contributed by atoms with van der Waals surface area (Å²) in [6.45, 7) is 5.39. The van der Waals surface area contributed by atoms with Crippen molar-refractivity contribution < 1.29 is 14.3 Å². The molecule has 2 aromatic carbocycles. The maximum absolute atomic E-state index is 13.7. The second-order valence-corrected chi connectivity index (χ2v) is 4.92. The molecule has 2 aromatic rings. The van der Waals surface area contributed by atoms with Crippen LogP contribution in [0.25, 0.3) is 0 Å². The minimum atomic E-state index is -1.25. The molecule has 0 aliphatic heterocycles. The highest BCUT2D eigenvalue weighted by molar-refractivity contribution is 5.87. The number of carboxylic acid groups (broad SMARTS) is 1. The van der Waals surface area contributed by atoms with Gasteiger partial charge in [0, 0.05) is 18.8 Å². The van der Waals surface area contributed by atoms with Gasteiger partial charge in [-0.25, -0.2) is 9.18 Å². The maximum Gasteiger partial charge on any atom is 0.338 e. The fourth-order valence-corrected chi connectivity index (χ4v) is 2.34. The van der Waals surface area contributed by atoms with Crippen molar-refractivity contribution in [1.29, 1.82) is 0 Å². The standard InChI is InChI=1S/C17H18FNO2/c1-3-19(16-7-5-4-6-12(16)2)11-13-8-9-14(17(20)21)15(18)10-13/h4-10H,3,11H2,1-2H3,(H,20,21). The predicted octanol–water partition coefficient (Wildman–Crippen LogP) is 3.86. The van der Waals surface area contributed by atoms with Gasteiger partial charge in [0.05, 0.1) is 5.56 Å². The van der Waals surface area contributed by atoms with Crippen molar-refractivity contribution in [3.05, 3.63) is 65.0 Å². The van der Waals surface area contributed by atoms with Gasteiger partial charge in [-0.1, -0.05) is 24.3 Å². The maximum atomic E-state index is 13.7. The fraction of sp³-hybridized carbons (Fsp3) is 0.235. The van der Waals surface area contributed by atoms with Crippen LogP contribution in [0.15, 0.2) is 42.5 Å². The molecule has 0 bridgehead atoms. The van der Waals surface area contributed by atoms with E-state index in [0.29, 0.717) is 6.54 Å². The molecule has 0 aromatic heterocycles. The first kappa shape index (κ1) is 15.0. The Labute approximate surface area is 123 Å². The molecular formula is C17H18FNO2. The number of aromatic carboxylic acids is 1. The molecule has 0 amide bonds. The van der Waals surface area contributed by atoms with Crippen LogP contribution in [0.4, 0.5) is 10.1 Å². The van der Waals surface area contributed by atoms with Crippen molar-refractivity contribution in [3.8, 4) is 0 Å². The molecule has 1 N–H and O–H groups in total. The van der Waals surface area contributed by atoms with Crippen molar-refractivity contribution in [3.63, 3.8) is 0 Å². The zero-order valence-corrected chi connectivity index (χ0v) is 12.1. The van der Waals surface area contributed by atoms with E-state index < -0.39 is 11.8 Å². The average molecular weight is 287 g/mol. The molecule has 110 valence electrons. The van der Waals surface area contributed by atoms with Gasteiger partial charge in [-0.2, -0.15) is 0 Å². The van der Waals surface area contributed by atoms with Crippen LogP contribution in [0.3, 0.4) is 0 Å². The van der Waals surface area contributed by atoms with Crippen LogP contribution in [0, 0.1) is 12.7 Å². The normalized spacial score (nSPS) is 10.4. The summed E-state index contributed by atoms with van der Waals surface area (Å²) in [5, 5.41) is 8.85. The highest BCUT2D eigenvalue weighted by Gasteiger charge is 2.12. The number of carboxylic acids is 1. The van der Waals surface area contributed by atoms with Crippen molar-refractivity contribution in [2.45, 2.75) is 20.4 Å². The lowest BCUT2D eigenvalue weighted by molar-refractivity contribution is 0.0692. The summed E-state index contributed by atoms with van der Waals surface area (Å²) >= 11 is 0. The molecule has 0 saturated heterocycles. The van der Waals surface area contributed by atoms with E-state index in [1.54, 1.807) is 6.07 Å². The molecule has 2 rings (SSSR count). The number of hydrogen-bond donors (Lipinski definition) is 1. The smallest absolute Gasteiger partial charge is 0.338 e. The first-order valence-corrected chi connectivity index (χ1v) is 6.85. The van der Waals surface area contributed by atoms with E-state index in [2.05, 4.69) is 4.90 Å². The van der Waals surface area contributed by atoms with Gasteiger partial charge in [-0.3, -0.25) is 0 Å². The molecular weight excluding hydrogens is 269 g/mol. The summed E-state index contributed by atoms with van der Waals surface area (Å²) < 4.78 is 13.7. The second-order valence-electron chi connectivity index (χ2n) is 4.92. The Morgan fingerprint density at radius 3 is 2.52 bits per heavy atom. The Hall–Kier alpha value is -2.36. The number of halogens is 1. The zero-order chi connectivity index (χ0) is 15.4. The van der Waals surface area contributed by atoms with Crippen LogP contribution in [-0.4, -0.2) is 17.6 Å². The minimum absolute atomic E-state index is 0.294. The van der Waals surface area contributed by atoms with Crippen molar-refractivity contribution >= 4 is 11.7 Å². The highest BCUT2D eigenvalue weighted by atomic mass is 19.1. The molecule has 0 aliphatic carbocycles. The molecule has 4 heteroatoms. The summed E-state index contributed by atoms with van der Waals surface area (Å²) in [4.78, 5) is 13.0. The Balaban J connectivity index is 2.25. The van der Waals surface area contributed by atoms with E-state index in [9.17, 15) is 9.18 Å². The number of rotatable bonds is 5. The van der Waals surface area contributed by atoms with Crippen LogP contribution in [0.5, 0.6) is 0 Å². The van der Waals surface area contributed by atoms with Gasteiger partial charge in [-0.05, 0) is 43.2 Å². The third-order valence-electron chi connectivity index (χ3n) is 3.48. The lowest BCUT2D eigenvalue weighted by Gasteiger charge is -2.25. The Morgan fingerprint density at radius 1 is 1.24 bits per heavy atom. The van der Waals surface area contributed by atoms with Crippen LogP contribution in [0.2, 0.25) is 0 Å². The number of para-hydroxylation sites is 1. The van der Waals surface area contributed by atoms with Crippen molar-refractivity contribution in [1.82, 2.24) is 0 Å². The Morgan fingerprint density at radius 2 is 1.95 bits per heavy atom. The predicted molar refractivity (Wildman–Crippen MR) is 81.3 cm³/mol. The van der Waals surface area contributed by atoms with Crippen LogP contribution >= 0.6 is 0 Å². The second kappa shape index (κ2) is 6.39. The van der Waals surface area contributed by atoms with Gasteiger partial charge < -0.3 is 10.0 Å². The van der Waals surface area contributed by atoms with Crippen LogP contribution in [-0.2, 0) is 6.54 Å². The monoisotopic (exact) mass is 287 g/mol. The van der Waals surface area contributed by atoms with Gasteiger partial charge in [0.1, 0.15) is 5.82 Å². The number of hydrogen-bond acceptors (Lipinski definition) is 2. The van der Waals surface area contributed by atoms with Crippen LogP contribution < -0.4 is 4.90 Å². The Bertz CT molecular complexity index is 655. The number of benzene rings is 2. The average Bonchev–Trinajstić information content (AvgIpc) is 2.45. The number of aryl methyl sites for hydroxylation is 1. The summed E-state index contributed by atoms with van der Waals surface area (Å²) in [6.07, 6.45) is 0. The summed E-state index contributed by atoms with van der Waals surface area (Å²) in [5.41, 5.74) is 2.71. The third kappa shape index (κ3) is 3.40. The quantitative estimate of drug-likeness (QED) is 0.907. The van der Waals surface area contributed by atoms with Crippen molar-refractivity contribution in [2.75, 3.05) is 11.4 Å². The molecule has 0 heterocycles. The van der Waals surface area contributed by atoms with Crippen molar-refractivity contribution in [2.24, 2.45) is 0 Å². The van der Waals surface area contributed by atoms with E-state index in [-0.39, 0.29) is 5.56 Å². The summed E-state index contributed by atoms with van der Waals surface area (Å²) in [6, 6.07) is 12.3. The van der Waals surface area contributed by atoms with Gasteiger partial charge in [0.15, 0.2) is 0 Å². The largest absolute Gasteiger partial charge is 0.478 e. The summed E-state index contributed by atoms with van der Waals surface area (Å²) in [7, 11) is 0. The molecule has 21 heavy (non-hydrogen) atoms. The minimum Gasteiger partial charge on any atom is -0.478 e. The van der Waals surface area contributed by atoms with E-state index >= 15 is 0 Å². The van der Waals surface area contributed by atoms with E-state index in [0.717, 1.165) is 23.4 Å². The van der Waals surface area contributed by atoms with Gasteiger partial charge in [0.25, 0.3) is 0 Å². The fourth-order valence-electron chi connectivity index (χ4n) is 2.34. The van der Waals surface area contributed by atoms with E-state index in [4.69, 9.17) is 5.11 Å². The molecule has 3 nitrogen and oxygen atoms in total. The first-order chi connectivity index (χ1) is 10.0. The number of anilines is 1. The molecule has 0 aliphatic rings. The van der Waals surface area contributed by atoms with Gasteiger partial charge in [0.2, 0.25) is 0 Å².